The zero-order valence-electron chi connectivity index (χ0n) is 12.6. The highest BCUT2D eigenvalue weighted by molar-refractivity contribution is 7.17. The summed E-state index contributed by atoms with van der Waals surface area (Å²) in [6, 6.07) is 6.20. The molecule has 22 heavy (non-hydrogen) atoms. The first-order valence-corrected chi connectivity index (χ1v) is 7.74. The lowest BCUT2D eigenvalue weighted by molar-refractivity contribution is -0.131. The number of carboxylic acid groups (broad SMARTS) is 1. The molecule has 0 bridgehead atoms. The monoisotopic (exact) mass is 312 g/mol. The quantitative estimate of drug-likeness (QED) is 0.741. The smallest absolute Gasteiger partial charge is 0.328 e. The average Bonchev–Trinajstić information content (AvgIpc) is 2.92. The molecule has 0 amide bonds. The summed E-state index contributed by atoms with van der Waals surface area (Å²) >= 11 is 1.60. The Hall–Kier alpha value is -2.40. The summed E-state index contributed by atoms with van der Waals surface area (Å²) in [6.07, 6.45) is 4.76. The van der Waals surface area contributed by atoms with Crippen molar-refractivity contribution >= 4 is 28.3 Å². The minimum absolute atomic E-state index is 0.800. The topological polar surface area (TPSA) is 54.6 Å². The van der Waals surface area contributed by atoms with Crippen LogP contribution in [0.25, 0.3) is 22.3 Å². The number of carboxylic acids is 1. The number of thiazole rings is 1. The van der Waals surface area contributed by atoms with Crippen molar-refractivity contribution in [3.63, 3.8) is 0 Å². The van der Waals surface area contributed by atoms with Crippen LogP contribution in [0, 0.1) is 20.8 Å². The molecule has 112 valence electrons. The van der Waals surface area contributed by atoms with Crippen LogP contribution in [-0.4, -0.2) is 20.5 Å². The number of fused-ring (bicyclic) bond motifs is 1. The number of carbonyl (C=O) groups is 1. The molecular weight excluding hydrogens is 296 g/mol. The van der Waals surface area contributed by atoms with E-state index < -0.39 is 5.97 Å². The van der Waals surface area contributed by atoms with Gasteiger partial charge in [-0.2, -0.15) is 0 Å². The number of hydrogen-bond donors (Lipinski definition) is 1. The average molecular weight is 312 g/mol. The first kappa shape index (κ1) is 14.5. The Kier molecular flexibility index (Phi) is 3.58. The molecule has 5 heteroatoms. The number of aromatic nitrogens is 2. The highest BCUT2D eigenvalue weighted by atomic mass is 32.1. The van der Waals surface area contributed by atoms with Crippen LogP contribution in [0.5, 0.6) is 0 Å². The molecule has 0 radical (unpaired) electrons. The maximum absolute atomic E-state index is 10.9. The van der Waals surface area contributed by atoms with Crippen LogP contribution in [0.1, 0.15) is 21.7 Å². The number of aryl methyl sites for hydroxylation is 3. The van der Waals surface area contributed by atoms with E-state index in [1.165, 1.54) is 5.56 Å². The van der Waals surface area contributed by atoms with Gasteiger partial charge in [0, 0.05) is 22.7 Å². The van der Waals surface area contributed by atoms with Gasteiger partial charge in [-0.1, -0.05) is 23.8 Å². The van der Waals surface area contributed by atoms with Gasteiger partial charge in [-0.25, -0.2) is 9.78 Å². The molecule has 0 aliphatic rings. The van der Waals surface area contributed by atoms with Crippen LogP contribution in [0.4, 0.5) is 0 Å². The number of rotatable bonds is 3. The van der Waals surface area contributed by atoms with E-state index >= 15 is 0 Å². The second-order valence-corrected chi connectivity index (χ2v) is 6.54. The fraction of sp³-hybridized carbons (Fsp3) is 0.176. The van der Waals surface area contributed by atoms with Crippen molar-refractivity contribution in [2.75, 3.05) is 0 Å². The third kappa shape index (κ3) is 2.55. The SMILES string of the molecule is Cc1ccc(-c2nc3sc(C)cn3c2/C=C/C(=O)O)c(C)c1. The zero-order chi connectivity index (χ0) is 15.9. The lowest BCUT2D eigenvalue weighted by Crippen LogP contribution is -1.91. The first-order chi connectivity index (χ1) is 10.5. The lowest BCUT2D eigenvalue weighted by atomic mass is 10.0. The van der Waals surface area contributed by atoms with Gasteiger partial charge in [-0.05, 0) is 32.4 Å². The Balaban J connectivity index is 2.26. The van der Waals surface area contributed by atoms with Gasteiger partial charge in [0.2, 0.25) is 0 Å². The van der Waals surface area contributed by atoms with E-state index in [0.717, 1.165) is 38.4 Å². The van der Waals surface area contributed by atoms with Crippen molar-refractivity contribution in [3.05, 3.63) is 52.2 Å². The Bertz CT molecular complexity index is 903. The normalized spacial score (nSPS) is 11.6. The molecule has 1 N–H and O–H groups in total. The minimum Gasteiger partial charge on any atom is -0.478 e. The molecule has 0 saturated carbocycles. The molecule has 0 aliphatic carbocycles. The molecule has 0 atom stereocenters. The van der Waals surface area contributed by atoms with Crippen LogP contribution >= 0.6 is 11.3 Å². The first-order valence-electron chi connectivity index (χ1n) is 6.93. The molecule has 0 fully saturated rings. The standard InChI is InChI=1S/C17H16N2O2S/c1-10-4-5-13(11(2)8-10)16-14(6-7-15(20)21)19-9-12(3)22-17(19)18-16/h4-9H,1-3H3,(H,20,21)/b7-6+. The highest BCUT2D eigenvalue weighted by Crippen LogP contribution is 2.31. The molecular formula is C17H16N2O2S. The predicted molar refractivity (Wildman–Crippen MR) is 89.4 cm³/mol. The van der Waals surface area contributed by atoms with Crippen LogP contribution < -0.4 is 0 Å². The molecule has 0 saturated heterocycles. The van der Waals surface area contributed by atoms with Crippen molar-refractivity contribution in [1.29, 1.82) is 0 Å². The number of aliphatic carboxylic acids is 1. The Morgan fingerprint density at radius 2 is 2.09 bits per heavy atom. The van der Waals surface area contributed by atoms with Crippen molar-refractivity contribution < 1.29 is 9.90 Å². The third-order valence-electron chi connectivity index (χ3n) is 3.50. The van der Waals surface area contributed by atoms with E-state index in [1.807, 2.05) is 36.6 Å². The summed E-state index contributed by atoms with van der Waals surface area (Å²) in [4.78, 5) is 17.6. The van der Waals surface area contributed by atoms with Crippen molar-refractivity contribution in [2.24, 2.45) is 0 Å². The van der Waals surface area contributed by atoms with E-state index in [-0.39, 0.29) is 0 Å². The van der Waals surface area contributed by atoms with E-state index in [9.17, 15) is 4.79 Å². The van der Waals surface area contributed by atoms with Gasteiger partial charge in [-0.3, -0.25) is 4.40 Å². The van der Waals surface area contributed by atoms with Gasteiger partial charge >= 0.3 is 5.97 Å². The maximum Gasteiger partial charge on any atom is 0.328 e. The van der Waals surface area contributed by atoms with Crippen LogP contribution in [0.15, 0.2) is 30.5 Å². The lowest BCUT2D eigenvalue weighted by Gasteiger charge is -2.05. The summed E-state index contributed by atoms with van der Waals surface area (Å²) in [5, 5.41) is 8.93. The maximum atomic E-state index is 10.9. The van der Waals surface area contributed by atoms with E-state index in [4.69, 9.17) is 10.1 Å². The Morgan fingerprint density at radius 3 is 2.77 bits per heavy atom. The summed E-state index contributed by atoms with van der Waals surface area (Å²) in [5.74, 6) is -0.964. The second kappa shape index (κ2) is 5.42. The van der Waals surface area contributed by atoms with Gasteiger partial charge in [0.05, 0.1) is 11.4 Å². The summed E-state index contributed by atoms with van der Waals surface area (Å²) in [5.41, 5.74) is 4.98. The van der Waals surface area contributed by atoms with Crippen LogP contribution in [-0.2, 0) is 4.79 Å². The van der Waals surface area contributed by atoms with Crippen molar-refractivity contribution in [1.82, 2.24) is 9.38 Å². The largest absolute Gasteiger partial charge is 0.478 e. The molecule has 3 rings (SSSR count). The van der Waals surface area contributed by atoms with E-state index in [0.29, 0.717) is 0 Å². The molecule has 0 spiro atoms. The van der Waals surface area contributed by atoms with Gasteiger partial charge in [0.15, 0.2) is 4.96 Å². The van der Waals surface area contributed by atoms with Crippen LogP contribution in [0.3, 0.4) is 0 Å². The number of nitrogens with zero attached hydrogens (tertiary/aromatic N) is 2. The minimum atomic E-state index is -0.964. The predicted octanol–water partition coefficient (Wildman–Crippen LogP) is 4.09. The van der Waals surface area contributed by atoms with Gasteiger partial charge in [0.25, 0.3) is 0 Å². The molecule has 0 aliphatic heterocycles. The second-order valence-electron chi connectivity index (χ2n) is 5.33. The molecule has 1 aromatic carbocycles. The van der Waals surface area contributed by atoms with Gasteiger partial charge < -0.3 is 5.11 Å². The Labute approximate surface area is 132 Å². The molecule has 4 nitrogen and oxygen atoms in total. The zero-order valence-corrected chi connectivity index (χ0v) is 13.4. The van der Waals surface area contributed by atoms with Gasteiger partial charge in [0.1, 0.15) is 0 Å². The molecule has 2 aromatic heterocycles. The molecule has 0 unspecified atom stereocenters. The number of hydrogen-bond acceptors (Lipinski definition) is 3. The van der Waals surface area contributed by atoms with Crippen molar-refractivity contribution in [2.45, 2.75) is 20.8 Å². The van der Waals surface area contributed by atoms with Crippen molar-refractivity contribution in [3.8, 4) is 11.3 Å². The van der Waals surface area contributed by atoms with Crippen LogP contribution in [0.2, 0.25) is 0 Å². The van der Waals surface area contributed by atoms with Gasteiger partial charge in [-0.15, -0.1) is 11.3 Å². The number of benzene rings is 1. The fourth-order valence-electron chi connectivity index (χ4n) is 2.56. The Morgan fingerprint density at radius 1 is 1.32 bits per heavy atom. The number of imidazole rings is 1. The molecule has 2 heterocycles. The molecule has 3 aromatic rings. The summed E-state index contributed by atoms with van der Waals surface area (Å²) in [6.45, 7) is 6.11. The van der Waals surface area contributed by atoms with E-state index in [2.05, 4.69) is 13.0 Å². The van der Waals surface area contributed by atoms with E-state index in [1.54, 1.807) is 17.4 Å². The highest BCUT2D eigenvalue weighted by Gasteiger charge is 2.15. The fourth-order valence-corrected chi connectivity index (χ4v) is 3.39. The summed E-state index contributed by atoms with van der Waals surface area (Å²) < 4.78 is 1.95. The third-order valence-corrected chi connectivity index (χ3v) is 4.40. The summed E-state index contributed by atoms with van der Waals surface area (Å²) in [7, 11) is 0.